The highest BCUT2D eigenvalue weighted by molar-refractivity contribution is 5.95. The summed E-state index contributed by atoms with van der Waals surface area (Å²) in [5.74, 6) is 0.865. The van der Waals surface area contributed by atoms with E-state index in [0.29, 0.717) is 4.48 Å². The van der Waals surface area contributed by atoms with Crippen LogP contribution in [0.1, 0.15) is 25.0 Å². The number of anilines is 1. The Hall–Kier alpha value is -1.55. The van der Waals surface area contributed by atoms with Gasteiger partial charge in [-0.3, -0.25) is 4.79 Å². The second-order valence-electron chi connectivity index (χ2n) is 5.90. The Balaban J connectivity index is 2.97. The van der Waals surface area contributed by atoms with Crippen LogP contribution in [0.25, 0.3) is 0 Å². The van der Waals surface area contributed by atoms with Crippen LogP contribution in [-0.2, 0) is 4.79 Å². The molecule has 1 N–H and O–H groups in total. The zero-order valence-corrected chi connectivity index (χ0v) is 13.7. The maximum Gasteiger partial charge on any atom is 0.282 e. The fourth-order valence-corrected chi connectivity index (χ4v) is 2.06. The summed E-state index contributed by atoms with van der Waals surface area (Å²) in [4.78, 5) is 12.4. The number of carbonyl (C=O) groups is 1. The van der Waals surface area contributed by atoms with Gasteiger partial charge in [-0.1, -0.05) is 0 Å². The number of ether oxygens (including phenoxy) is 1. The molecule has 0 fully saturated rings. The fraction of sp³-hybridized carbons (Fsp3) is 0.562. The minimum absolute atomic E-state index is 0.0493. The van der Waals surface area contributed by atoms with E-state index in [1.165, 1.54) is 0 Å². The van der Waals surface area contributed by atoms with Crippen molar-refractivity contribution in [2.45, 2.75) is 33.7 Å². The third kappa shape index (κ3) is 3.51. The number of benzene rings is 1. The zero-order valence-electron chi connectivity index (χ0n) is 13.7. The number of hydrogen-bond acceptors (Lipinski definition) is 2. The molecule has 112 valence electrons. The minimum atomic E-state index is -0.0964. The maximum absolute atomic E-state index is 12.4. The number of nitrogens with zero attached hydrogens (tertiary/aromatic N) is 1. The monoisotopic (exact) mass is 279 g/mol. The Morgan fingerprint density at radius 2 is 1.80 bits per heavy atom. The first-order chi connectivity index (χ1) is 9.22. The van der Waals surface area contributed by atoms with Crippen molar-refractivity contribution >= 4 is 11.6 Å². The summed E-state index contributed by atoms with van der Waals surface area (Å²) in [5.41, 5.74) is 2.92. The molecule has 0 aliphatic carbocycles. The van der Waals surface area contributed by atoms with Gasteiger partial charge in [0.15, 0.2) is 6.04 Å². The van der Waals surface area contributed by atoms with Gasteiger partial charge < -0.3 is 14.5 Å². The van der Waals surface area contributed by atoms with Crippen molar-refractivity contribution in [3.8, 4) is 5.75 Å². The van der Waals surface area contributed by atoms with Gasteiger partial charge in [0.05, 0.1) is 27.7 Å². The fourth-order valence-electron chi connectivity index (χ4n) is 2.06. The predicted octanol–water partition coefficient (Wildman–Crippen LogP) is 2.74. The van der Waals surface area contributed by atoms with Crippen LogP contribution in [0.2, 0.25) is 0 Å². The molecular formula is C16H27N2O2+. The average Bonchev–Trinajstić information content (AvgIpc) is 2.41. The van der Waals surface area contributed by atoms with Gasteiger partial charge in [-0.05, 0) is 51.0 Å². The molecular weight excluding hydrogens is 252 g/mol. The second kappa shape index (κ2) is 6.27. The summed E-state index contributed by atoms with van der Waals surface area (Å²) in [6.07, 6.45) is 0. The van der Waals surface area contributed by atoms with Gasteiger partial charge in [0.2, 0.25) is 0 Å². The number of quaternary nitrogens is 1. The third-order valence-electron chi connectivity index (χ3n) is 4.23. The number of likely N-dealkylation sites (N-methyl/N-ethyl adjacent to an activating group) is 1. The first kappa shape index (κ1) is 16.5. The highest BCUT2D eigenvalue weighted by atomic mass is 16.5. The Kier molecular flexibility index (Phi) is 5.17. The van der Waals surface area contributed by atoms with E-state index in [9.17, 15) is 4.79 Å². The van der Waals surface area contributed by atoms with Crippen LogP contribution in [0.3, 0.4) is 0 Å². The largest absolute Gasteiger partial charge is 0.497 e. The molecule has 1 rings (SSSR count). The summed E-state index contributed by atoms with van der Waals surface area (Å²) >= 11 is 0. The summed E-state index contributed by atoms with van der Waals surface area (Å²) in [5, 5.41) is 3.06. The molecule has 1 amide bonds. The lowest BCUT2D eigenvalue weighted by Crippen LogP contribution is -2.52. The lowest BCUT2D eigenvalue weighted by Gasteiger charge is -2.34. The lowest BCUT2D eigenvalue weighted by atomic mass is 10.1. The number of hydrogen-bond donors (Lipinski definition) is 1. The van der Waals surface area contributed by atoms with Crippen molar-refractivity contribution in [1.29, 1.82) is 0 Å². The summed E-state index contributed by atoms with van der Waals surface area (Å²) in [6, 6.07) is 3.78. The lowest BCUT2D eigenvalue weighted by molar-refractivity contribution is -0.902. The molecule has 0 aliphatic rings. The van der Waals surface area contributed by atoms with Crippen LogP contribution in [0, 0.1) is 13.8 Å². The molecule has 0 radical (unpaired) electrons. The smallest absolute Gasteiger partial charge is 0.282 e. The topological polar surface area (TPSA) is 38.3 Å². The van der Waals surface area contributed by atoms with Gasteiger partial charge in [-0.2, -0.15) is 0 Å². The second-order valence-corrected chi connectivity index (χ2v) is 5.90. The van der Waals surface area contributed by atoms with Gasteiger partial charge in [-0.25, -0.2) is 0 Å². The van der Waals surface area contributed by atoms with E-state index in [1.54, 1.807) is 7.11 Å². The van der Waals surface area contributed by atoms with Gasteiger partial charge in [0.1, 0.15) is 5.75 Å². The van der Waals surface area contributed by atoms with Crippen LogP contribution >= 0.6 is 0 Å². The van der Waals surface area contributed by atoms with Crippen LogP contribution < -0.4 is 10.1 Å². The molecule has 1 unspecified atom stereocenters. The number of rotatable bonds is 5. The minimum Gasteiger partial charge on any atom is -0.497 e. The quantitative estimate of drug-likeness (QED) is 0.842. The van der Waals surface area contributed by atoms with Crippen LogP contribution in [0.5, 0.6) is 5.75 Å². The molecule has 20 heavy (non-hydrogen) atoms. The SMILES string of the molecule is CC[N+](C)(C)C(C)C(=O)Nc1c(C)cc(OC)cc1C. The first-order valence-electron chi connectivity index (χ1n) is 7.01. The molecule has 1 aromatic carbocycles. The molecule has 4 nitrogen and oxygen atoms in total. The Morgan fingerprint density at radius 3 is 2.20 bits per heavy atom. The van der Waals surface area contributed by atoms with E-state index in [0.717, 1.165) is 29.1 Å². The Bertz CT molecular complexity index is 472. The highest BCUT2D eigenvalue weighted by Crippen LogP contribution is 2.26. The summed E-state index contributed by atoms with van der Waals surface area (Å²) in [6.45, 7) is 8.93. The van der Waals surface area contributed by atoms with E-state index < -0.39 is 0 Å². The van der Waals surface area contributed by atoms with Crippen molar-refractivity contribution < 1.29 is 14.0 Å². The van der Waals surface area contributed by atoms with Crippen LogP contribution in [-0.4, -0.2) is 44.2 Å². The van der Waals surface area contributed by atoms with Gasteiger partial charge in [0, 0.05) is 5.69 Å². The molecule has 0 bridgehead atoms. The van der Waals surface area contributed by atoms with Crippen molar-refractivity contribution in [2.75, 3.05) is 33.1 Å². The third-order valence-corrected chi connectivity index (χ3v) is 4.23. The van der Waals surface area contributed by atoms with Crippen molar-refractivity contribution in [3.05, 3.63) is 23.3 Å². The zero-order chi connectivity index (χ0) is 15.5. The molecule has 0 saturated carbocycles. The number of aryl methyl sites for hydroxylation is 2. The number of nitrogens with one attached hydrogen (secondary N) is 1. The first-order valence-corrected chi connectivity index (χ1v) is 7.01. The molecule has 4 heteroatoms. The van der Waals surface area contributed by atoms with Crippen LogP contribution in [0.15, 0.2) is 12.1 Å². The number of carbonyl (C=O) groups excluding carboxylic acids is 1. The Morgan fingerprint density at radius 1 is 1.30 bits per heavy atom. The standard InChI is InChI=1S/C16H26N2O2/c1-8-18(5,6)13(4)16(19)17-15-11(2)9-14(20-7)10-12(15)3/h9-10,13H,8H2,1-7H3/p+1. The maximum atomic E-state index is 12.4. The van der Waals surface area contributed by atoms with E-state index in [-0.39, 0.29) is 11.9 Å². The summed E-state index contributed by atoms with van der Waals surface area (Å²) < 4.78 is 5.91. The molecule has 0 aromatic heterocycles. The molecule has 0 spiro atoms. The molecule has 0 aliphatic heterocycles. The number of amides is 1. The van der Waals surface area contributed by atoms with Crippen molar-refractivity contribution in [1.82, 2.24) is 0 Å². The van der Waals surface area contributed by atoms with E-state index in [1.807, 2.05) is 32.9 Å². The molecule has 0 saturated heterocycles. The predicted molar refractivity (Wildman–Crippen MR) is 83.2 cm³/mol. The van der Waals surface area contributed by atoms with Gasteiger partial charge >= 0.3 is 0 Å². The molecule has 0 heterocycles. The van der Waals surface area contributed by atoms with Gasteiger partial charge in [-0.15, -0.1) is 0 Å². The van der Waals surface area contributed by atoms with E-state index >= 15 is 0 Å². The molecule has 1 aromatic rings. The highest BCUT2D eigenvalue weighted by Gasteiger charge is 2.29. The van der Waals surface area contributed by atoms with E-state index in [4.69, 9.17) is 4.74 Å². The molecule has 1 atom stereocenters. The average molecular weight is 279 g/mol. The van der Waals surface area contributed by atoms with Gasteiger partial charge in [0.25, 0.3) is 5.91 Å². The normalized spacial score (nSPS) is 12.9. The van der Waals surface area contributed by atoms with Crippen molar-refractivity contribution in [3.63, 3.8) is 0 Å². The van der Waals surface area contributed by atoms with E-state index in [2.05, 4.69) is 26.3 Å². The Labute approximate surface area is 122 Å². The van der Waals surface area contributed by atoms with Crippen LogP contribution in [0.4, 0.5) is 5.69 Å². The number of methoxy groups -OCH3 is 1. The summed E-state index contributed by atoms with van der Waals surface area (Å²) in [7, 11) is 5.78. The van der Waals surface area contributed by atoms with Crippen molar-refractivity contribution in [2.24, 2.45) is 0 Å².